The third kappa shape index (κ3) is 8.47. The van der Waals surface area contributed by atoms with Crippen molar-refractivity contribution in [3.05, 3.63) is 12.2 Å². The molecule has 0 spiro atoms. The Bertz CT molecular complexity index is 796. The van der Waals surface area contributed by atoms with Crippen LogP contribution in [0.1, 0.15) is 32.1 Å². The van der Waals surface area contributed by atoms with Crippen LogP contribution in [-0.4, -0.2) is 81.4 Å². The number of amides is 4. The molecule has 3 atom stereocenters. The molecule has 1 aliphatic heterocycles. The van der Waals surface area contributed by atoms with E-state index >= 15 is 0 Å². The highest BCUT2D eigenvalue weighted by molar-refractivity contribution is 6.13. The number of carbonyl (C=O) groups is 4. The zero-order chi connectivity index (χ0) is 24.2. The van der Waals surface area contributed by atoms with Crippen LogP contribution in [0.4, 0.5) is 4.79 Å². The molecule has 0 aromatic carbocycles. The van der Waals surface area contributed by atoms with Crippen LogP contribution in [0.2, 0.25) is 0 Å². The molecule has 3 rings (SSSR count). The summed E-state index contributed by atoms with van der Waals surface area (Å²) in [6.07, 6.45) is 6.13. The lowest BCUT2D eigenvalue weighted by Crippen LogP contribution is -2.35. The van der Waals surface area contributed by atoms with Gasteiger partial charge in [-0.15, -0.1) is 11.8 Å². The van der Waals surface area contributed by atoms with Gasteiger partial charge in [0.1, 0.15) is 0 Å². The lowest BCUT2D eigenvalue weighted by atomic mass is 10.1. The van der Waals surface area contributed by atoms with Crippen molar-refractivity contribution in [2.75, 3.05) is 52.7 Å². The summed E-state index contributed by atoms with van der Waals surface area (Å²) in [4.78, 5) is 47.4. The fraction of sp³-hybridized carbons (Fsp3) is 0.667. The number of fused-ring (bicyclic) bond motifs is 1. The number of hydrogen-bond donors (Lipinski definition) is 2. The van der Waals surface area contributed by atoms with Crippen molar-refractivity contribution in [3.8, 4) is 11.8 Å². The van der Waals surface area contributed by atoms with E-state index in [2.05, 4.69) is 22.5 Å². The summed E-state index contributed by atoms with van der Waals surface area (Å²) in [5, 5.41) is 5.35. The maximum absolute atomic E-state index is 11.8. The first-order valence-corrected chi connectivity index (χ1v) is 11.9. The number of hydrogen-bond acceptors (Lipinski definition) is 7. The Morgan fingerprint density at radius 1 is 0.912 bits per heavy atom. The molecule has 0 aromatic rings. The molecule has 1 heterocycles. The number of carbonyl (C=O) groups excluding carboxylic acids is 4. The molecule has 10 nitrogen and oxygen atoms in total. The molecule has 2 N–H and O–H groups in total. The second-order valence-corrected chi connectivity index (χ2v) is 8.43. The van der Waals surface area contributed by atoms with Crippen LogP contribution in [0, 0.1) is 29.6 Å². The molecule has 1 saturated carbocycles. The van der Waals surface area contributed by atoms with Gasteiger partial charge in [-0.05, 0) is 30.6 Å². The van der Waals surface area contributed by atoms with Crippen LogP contribution < -0.4 is 10.6 Å². The highest BCUT2D eigenvalue weighted by Gasteiger charge is 2.49. The standard InChI is InChI=1S/C24H33N3O7/c28-21(9-12-27-22(29)7-8-23(27)30)25-10-13-32-15-16-33-14-11-26-24(31)34-17-20-18-5-3-1-2-4-6-19(18)20/h7-8,18-20H,3-6,9-17H2,(H,25,28)(H,26,31)/t18-,19+,20?. The monoisotopic (exact) mass is 475 g/mol. The second-order valence-electron chi connectivity index (χ2n) is 8.43. The van der Waals surface area contributed by atoms with Crippen molar-refractivity contribution in [1.82, 2.24) is 15.5 Å². The summed E-state index contributed by atoms with van der Waals surface area (Å²) in [7, 11) is 0. The highest BCUT2D eigenvalue weighted by Crippen LogP contribution is 2.52. The fourth-order valence-corrected chi connectivity index (χ4v) is 4.27. The molecule has 2 aliphatic carbocycles. The van der Waals surface area contributed by atoms with Crippen molar-refractivity contribution < 1.29 is 33.4 Å². The van der Waals surface area contributed by atoms with Gasteiger partial charge in [-0.1, -0.05) is 0 Å². The molecule has 4 amide bonds. The molecule has 1 fully saturated rings. The SMILES string of the molecule is O=C(CCN1C(=O)C=CC1=O)NCCOCCOCCNC(=O)OCC1[C@H]2CCC#CCC[C@@H]12. The van der Waals surface area contributed by atoms with Gasteiger partial charge in [0.2, 0.25) is 5.91 Å². The highest BCUT2D eigenvalue weighted by atomic mass is 16.6. The Morgan fingerprint density at radius 2 is 1.50 bits per heavy atom. The fourth-order valence-electron chi connectivity index (χ4n) is 4.27. The van der Waals surface area contributed by atoms with Gasteiger partial charge < -0.3 is 24.8 Å². The van der Waals surface area contributed by atoms with E-state index in [1.54, 1.807) is 0 Å². The van der Waals surface area contributed by atoms with Crippen LogP contribution in [-0.2, 0) is 28.6 Å². The quantitative estimate of drug-likeness (QED) is 0.214. The molecule has 3 aliphatic rings. The lowest BCUT2D eigenvalue weighted by molar-refractivity contribution is -0.137. The van der Waals surface area contributed by atoms with E-state index in [1.165, 1.54) is 12.2 Å². The molecule has 0 saturated heterocycles. The van der Waals surface area contributed by atoms with E-state index < -0.39 is 17.9 Å². The number of alkyl carbamates (subject to hydrolysis) is 1. The minimum absolute atomic E-state index is 0.0501. The Morgan fingerprint density at radius 3 is 2.12 bits per heavy atom. The molecule has 0 radical (unpaired) electrons. The molecule has 1 unspecified atom stereocenters. The minimum Gasteiger partial charge on any atom is -0.449 e. The lowest BCUT2D eigenvalue weighted by Gasteiger charge is -2.13. The van der Waals surface area contributed by atoms with Crippen LogP contribution in [0.25, 0.3) is 0 Å². The van der Waals surface area contributed by atoms with Gasteiger partial charge in [0, 0.05) is 51.0 Å². The molecule has 0 aromatic heterocycles. The summed E-state index contributed by atoms with van der Waals surface area (Å²) in [5.41, 5.74) is 0. The maximum Gasteiger partial charge on any atom is 0.407 e. The van der Waals surface area contributed by atoms with Crippen LogP contribution in [0.3, 0.4) is 0 Å². The number of nitrogens with zero attached hydrogens (tertiary/aromatic N) is 1. The summed E-state index contributed by atoms with van der Waals surface area (Å²) in [5.74, 6) is 7.08. The third-order valence-electron chi connectivity index (χ3n) is 6.17. The topological polar surface area (TPSA) is 123 Å². The van der Waals surface area contributed by atoms with Crippen molar-refractivity contribution >= 4 is 23.8 Å². The Labute approximate surface area is 199 Å². The average molecular weight is 476 g/mol. The number of rotatable bonds is 14. The van der Waals surface area contributed by atoms with Gasteiger partial charge in [-0.25, -0.2) is 4.79 Å². The van der Waals surface area contributed by atoms with E-state index in [0.29, 0.717) is 63.9 Å². The van der Waals surface area contributed by atoms with Crippen molar-refractivity contribution in [1.29, 1.82) is 0 Å². The smallest absolute Gasteiger partial charge is 0.407 e. The van der Waals surface area contributed by atoms with Crippen LogP contribution in [0.5, 0.6) is 0 Å². The Kier molecular flexibility index (Phi) is 10.4. The zero-order valence-electron chi connectivity index (χ0n) is 19.4. The molecule has 0 bridgehead atoms. The van der Waals surface area contributed by atoms with E-state index in [4.69, 9.17) is 14.2 Å². The summed E-state index contributed by atoms with van der Waals surface area (Å²) in [6.45, 7) is 2.60. The van der Waals surface area contributed by atoms with Gasteiger partial charge in [0.05, 0.1) is 33.0 Å². The number of nitrogens with one attached hydrogen (secondary N) is 2. The molecular formula is C24H33N3O7. The first kappa shape index (κ1) is 25.7. The molecule has 34 heavy (non-hydrogen) atoms. The minimum atomic E-state index is -0.416. The number of ether oxygens (including phenoxy) is 3. The van der Waals surface area contributed by atoms with Gasteiger partial charge in [-0.2, -0.15) is 0 Å². The van der Waals surface area contributed by atoms with Gasteiger partial charge in [0.15, 0.2) is 0 Å². The zero-order valence-corrected chi connectivity index (χ0v) is 19.4. The van der Waals surface area contributed by atoms with E-state index in [-0.39, 0.29) is 18.9 Å². The van der Waals surface area contributed by atoms with E-state index in [0.717, 1.165) is 30.6 Å². The maximum atomic E-state index is 11.8. The van der Waals surface area contributed by atoms with E-state index in [9.17, 15) is 19.2 Å². The van der Waals surface area contributed by atoms with Gasteiger partial charge in [0.25, 0.3) is 11.8 Å². The second kappa shape index (κ2) is 13.7. The average Bonchev–Trinajstić information content (AvgIpc) is 3.34. The van der Waals surface area contributed by atoms with Crippen LogP contribution in [0.15, 0.2) is 12.2 Å². The molecular weight excluding hydrogens is 442 g/mol. The van der Waals surface area contributed by atoms with Crippen molar-refractivity contribution in [2.24, 2.45) is 17.8 Å². The van der Waals surface area contributed by atoms with Crippen molar-refractivity contribution in [3.63, 3.8) is 0 Å². The first-order chi connectivity index (χ1) is 16.6. The first-order valence-electron chi connectivity index (χ1n) is 11.9. The predicted octanol–water partition coefficient (Wildman–Crippen LogP) is 0.617. The third-order valence-corrected chi connectivity index (χ3v) is 6.17. The van der Waals surface area contributed by atoms with Crippen LogP contribution >= 0.6 is 0 Å². The summed E-state index contributed by atoms with van der Waals surface area (Å²) in [6, 6.07) is 0. The Balaban J connectivity index is 1.07. The molecule has 10 heteroatoms. The normalized spacial score (nSPS) is 22.8. The van der Waals surface area contributed by atoms with Gasteiger partial charge >= 0.3 is 6.09 Å². The van der Waals surface area contributed by atoms with Gasteiger partial charge in [-0.3, -0.25) is 19.3 Å². The largest absolute Gasteiger partial charge is 0.449 e. The summed E-state index contributed by atoms with van der Waals surface area (Å²) >= 11 is 0. The number of imide groups is 1. The van der Waals surface area contributed by atoms with Crippen molar-refractivity contribution in [2.45, 2.75) is 32.1 Å². The summed E-state index contributed by atoms with van der Waals surface area (Å²) < 4.78 is 16.1. The molecule has 186 valence electrons. The van der Waals surface area contributed by atoms with E-state index in [1.807, 2.05) is 0 Å². The predicted molar refractivity (Wildman–Crippen MR) is 121 cm³/mol. The Hall–Kier alpha value is -2.90.